The van der Waals surface area contributed by atoms with Gasteiger partial charge in [-0.15, -0.1) is 0 Å². The van der Waals surface area contributed by atoms with Crippen molar-refractivity contribution in [3.05, 3.63) is 83.1 Å². The van der Waals surface area contributed by atoms with Crippen LogP contribution in [0, 0.1) is 6.92 Å². The Labute approximate surface area is 151 Å². The SMILES string of the molecule is Cc1c(CO)cccc1-c1ccc2nc(-c3ccc(Cl)cc3)cn2c1. The molecule has 25 heavy (non-hydrogen) atoms. The van der Waals surface area contributed by atoms with Gasteiger partial charge in [-0.05, 0) is 53.4 Å². The number of pyridine rings is 1. The second kappa shape index (κ2) is 6.36. The highest BCUT2D eigenvalue weighted by Crippen LogP contribution is 2.27. The monoisotopic (exact) mass is 348 g/mol. The maximum absolute atomic E-state index is 9.49. The third-order valence-corrected chi connectivity index (χ3v) is 4.77. The van der Waals surface area contributed by atoms with E-state index in [4.69, 9.17) is 11.6 Å². The first-order valence-electron chi connectivity index (χ1n) is 8.10. The molecule has 1 N–H and O–H groups in total. The Bertz CT molecular complexity index is 1050. The Hall–Kier alpha value is -2.62. The largest absolute Gasteiger partial charge is 0.392 e. The second-order valence-electron chi connectivity index (χ2n) is 6.06. The van der Waals surface area contributed by atoms with E-state index in [1.807, 2.05) is 60.0 Å². The lowest BCUT2D eigenvalue weighted by atomic mass is 9.98. The number of hydrogen-bond acceptors (Lipinski definition) is 2. The number of hydrogen-bond donors (Lipinski definition) is 1. The van der Waals surface area contributed by atoms with E-state index in [-0.39, 0.29) is 6.61 Å². The summed E-state index contributed by atoms with van der Waals surface area (Å²) in [6.45, 7) is 2.09. The normalized spacial score (nSPS) is 11.2. The maximum atomic E-state index is 9.49. The van der Waals surface area contributed by atoms with Crippen LogP contribution in [0.4, 0.5) is 0 Å². The van der Waals surface area contributed by atoms with Crippen molar-refractivity contribution in [2.75, 3.05) is 0 Å². The van der Waals surface area contributed by atoms with Gasteiger partial charge in [-0.3, -0.25) is 0 Å². The van der Waals surface area contributed by atoms with Crippen LogP contribution in [0.15, 0.2) is 67.0 Å². The van der Waals surface area contributed by atoms with Gasteiger partial charge in [-0.2, -0.15) is 0 Å². The zero-order chi connectivity index (χ0) is 17.4. The minimum absolute atomic E-state index is 0.0493. The molecule has 2 aromatic carbocycles. The van der Waals surface area contributed by atoms with E-state index < -0.39 is 0 Å². The highest BCUT2D eigenvalue weighted by atomic mass is 35.5. The molecular weight excluding hydrogens is 332 g/mol. The number of nitrogens with zero attached hydrogens (tertiary/aromatic N) is 2. The van der Waals surface area contributed by atoms with E-state index in [0.717, 1.165) is 39.2 Å². The van der Waals surface area contributed by atoms with Crippen LogP contribution >= 0.6 is 11.6 Å². The fourth-order valence-corrected chi connectivity index (χ4v) is 3.20. The van der Waals surface area contributed by atoms with Gasteiger partial charge in [0.1, 0.15) is 5.65 Å². The first kappa shape index (κ1) is 15.9. The van der Waals surface area contributed by atoms with Gasteiger partial charge in [0.25, 0.3) is 0 Å². The summed E-state index contributed by atoms with van der Waals surface area (Å²) in [5.41, 5.74) is 7.11. The number of halogens is 1. The first-order valence-corrected chi connectivity index (χ1v) is 8.48. The van der Waals surface area contributed by atoms with E-state index in [1.54, 1.807) is 0 Å². The minimum Gasteiger partial charge on any atom is -0.392 e. The molecular formula is C21H17ClN2O. The summed E-state index contributed by atoms with van der Waals surface area (Å²) in [5.74, 6) is 0. The Kier molecular flexibility index (Phi) is 4.04. The number of fused-ring (bicyclic) bond motifs is 1. The fraction of sp³-hybridized carbons (Fsp3) is 0.0952. The number of rotatable bonds is 3. The molecule has 0 aliphatic carbocycles. The first-order chi connectivity index (χ1) is 12.2. The van der Waals surface area contributed by atoms with Crippen LogP contribution in [-0.4, -0.2) is 14.5 Å². The number of imidazole rings is 1. The van der Waals surface area contributed by atoms with Crippen LogP contribution < -0.4 is 0 Å². The average molecular weight is 349 g/mol. The lowest BCUT2D eigenvalue weighted by Crippen LogP contribution is -1.93. The molecule has 0 saturated heterocycles. The van der Waals surface area contributed by atoms with Crippen molar-refractivity contribution in [1.82, 2.24) is 9.38 Å². The lowest BCUT2D eigenvalue weighted by molar-refractivity contribution is 0.281. The highest BCUT2D eigenvalue weighted by Gasteiger charge is 2.09. The molecule has 2 aromatic heterocycles. The number of aliphatic hydroxyl groups is 1. The number of aliphatic hydroxyl groups excluding tert-OH is 1. The maximum Gasteiger partial charge on any atom is 0.137 e. The minimum atomic E-state index is 0.0493. The molecule has 0 radical (unpaired) electrons. The quantitative estimate of drug-likeness (QED) is 0.557. The third kappa shape index (κ3) is 2.93. The van der Waals surface area contributed by atoms with Gasteiger partial charge in [0.15, 0.2) is 0 Å². The average Bonchev–Trinajstić information content (AvgIpc) is 3.05. The lowest BCUT2D eigenvalue weighted by Gasteiger charge is -2.10. The van der Waals surface area contributed by atoms with Crippen molar-refractivity contribution in [3.63, 3.8) is 0 Å². The molecule has 0 fully saturated rings. The summed E-state index contributed by atoms with van der Waals surface area (Å²) >= 11 is 5.96. The summed E-state index contributed by atoms with van der Waals surface area (Å²) < 4.78 is 2.03. The summed E-state index contributed by atoms with van der Waals surface area (Å²) in [5, 5.41) is 10.2. The van der Waals surface area contributed by atoms with Gasteiger partial charge in [-0.25, -0.2) is 4.98 Å². The van der Waals surface area contributed by atoms with E-state index in [0.29, 0.717) is 5.02 Å². The fourth-order valence-electron chi connectivity index (χ4n) is 3.08. The Morgan fingerprint density at radius 1 is 0.960 bits per heavy atom. The molecule has 0 unspecified atom stereocenters. The highest BCUT2D eigenvalue weighted by molar-refractivity contribution is 6.30. The smallest absolute Gasteiger partial charge is 0.137 e. The molecule has 0 aliphatic heterocycles. The number of aromatic nitrogens is 2. The Morgan fingerprint density at radius 3 is 2.48 bits per heavy atom. The van der Waals surface area contributed by atoms with E-state index >= 15 is 0 Å². The molecule has 0 spiro atoms. The van der Waals surface area contributed by atoms with Crippen molar-refractivity contribution in [2.45, 2.75) is 13.5 Å². The summed E-state index contributed by atoms with van der Waals surface area (Å²) in [7, 11) is 0. The van der Waals surface area contributed by atoms with Gasteiger partial charge in [0, 0.05) is 23.0 Å². The molecule has 4 aromatic rings. The second-order valence-corrected chi connectivity index (χ2v) is 6.50. The standard InChI is InChI=1S/C21H17ClN2O/c1-14-17(13-25)3-2-4-19(14)16-7-10-21-23-20(12-24(21)11-16)15-5-8-18(22)9-6-15/h2-12,25H,13H2,1H3. The van der Waals surface area contributed by atoms with Crippen molar-refractivity contribution in [3.8, 4) is 22.4 Å². The van der Waals surface area contributed by atoms with E-state index in [1.165, 1.54) is 0 Å². The van der Waals surface area contributed by atoms with E-state index in [9.17, 15) is 5.11 Å². The van der Waals surface area contributed by atoms with E-state index in [2.05, 4.69) is 23.3 Å². The van der Waals surface area contributed by atoms with Crippen LogP contribution in [0.25, 0.3) is 28.0 Å². The molecule has 3 nitrogen and oxygen atoms in total. The summed E-state index contributed by atoms with van der Waals surface area (Å²) in [4.78, 5) is 4.68. The van der Waals surface area contributed by atoms with Crippen LogP contribution in [-0.2, 0) is 6.61 Å². The Morgan fingerprint density at radius 2 is 1.72 bits per heavy atom. The molecule has 0 bridgehead atoms. The third-order valence-electron chi connectivity index (χ3n) is 4.52. The van der Waals surface area contributed by atoms with Gasteiger partial charge >= 0.3 is 0 Å². The molecule has 0 atom stereocenters. The zero-order valence-corrected chi connectivity index (χ0v) is 14.5. The van der Waals surface area contributed by atoms with Crippen molar-refractivity contribution in [1.29, 1.82) is 0 Å². The van der Waals surface area contributed by atoms with Gasteiger partial charge in [0.05, 0.1) is 12.3 Å². The Balaban J connectivity index is 1.80. The summed E-state index contributed by atoms with van der Waals surface area (Å²) in [6, 6.07) is 17.8. The van der Waals surface area contributed by atoms with Crippen LogP contribution in [0.3, 0.4) is 0 Å². The van der Waals surface area contributed by atoms with Gasteiger partial charge in [0.2, 0.25) is 0 Å². The predicted octanol–water partition coefficient (Wildman–Crippen LogP) is 5.12. The van der Waals surface area contributed by atoms with Crippen molar-refractivity contribution >= 4 is 17.2 Å². The number of benzene rings is 2. The van der Waals surface area contributed by atoms with Crippen molar-refractivity contribution in [2.24, 2.45) is 0 Å². The van der Waals surface area contributed by atoms with Gasteiger partial charge < -0.3 is 9.51 Å². The molecule has 0 aliphatic rings. The molecule has 4 rings (SSSR count). The summed E-state index contributed by atoms with van der Waals surface area (Å²) in [6.07, 6.45) is 4.10. The molecule has 0 saturated carbocycles. The van der Waals surface area contributed by atoms with Crippen LogP contribution in [0.1, 0.15) is 11.1 Å². The zero-order valence-electron chi connectivity index (χ0n) is 13.8. The molecule has 4 heteroatoms. The van der Waals surface area contributed by atoms with Crippen molar-refractivity contribution < 1.29 is 5.11 Å². The van der Waals surface area contributed by atoms with Gasteiger partial charge in [-0.1, -0.05) is 41.9 Å². The van der Waals surface area contributed by atoms with Crippen LogP contribution in [0.2, 0.25) is 5.02 Å². The predicted molar refractivity (Wildman–Crippen MR) is 102 cm³/mol. The molecule has 2 heterocycles. The molecule has 124 valence electrons. The molecule has 0 amide bonds. The van der Waals surface area contributed by atoms with Crippen LogP contribution in [0.5, 0.6) is 0 Å². The topological polar surface area (TPSA) is 37.5 Å².